The van der Waals surface area contributed by atoms with Gasteiger partial charge in [0.05, 0.1) is 18.0 Å². The lowest BCUT2D eigenvalue weighted by atomic mass is 10.0. The molecule has 0 aliphatic heterocycles. The number of fused-ring (bicyclic) bond motifs is 1. The molecule has 3 aromatic rings. The third-order valence-corrected chi connectivity index (χ3v) is 4.41. The van der Waals surface area contributed by atoms with Crippen molar-refractivity contribution in [3.63, 3.8) is 0 Å². The van der Waals surface area contributed by atoms with Crippen LogP contribution in [0.1, 0.15) is 24.2 Å². The largest absolute Gasteiger partial charge is 0.418 e. The summed E-state index contributed by atoms with van der Waals surface area (Å²) in [5.74, 6) is 0.653. The number of benzene rings is 1. The summed E-state index contributed by atoms with van der Waals surface area (Å²) < 4.78 is 40.2. The molecule has 0 aliphatic carbocycles. The fourth-order valence-corrected chi connectivity index (χ4v) is 2.90. The van der Waals surface area contributed by atoms with Crippen LogP contribution in [0.15, 0.2) is 36.8 Å². The van der Waals surface area contributed by atoms with E-state index in [0.29, 0.717) is 17.8 Å². The van der Waals surface area contributed by atoms with E-state index in [9.17, 15) is 18.3 Å². The van der Waals surface area contributed by atoms with Gasteiger partial charge in [-0.3, -0.25) is 0 Å². The number of hydrogen-bond acceptors (Lipinski definition) is 4. The van der Waals surface area contributed by atoms with Gasteiger partial charge in [0.1, 0.15) is 11.3 Å². The molecule has 5 nitrogen and oxygen atoms in total. The number of aliphatic hydroxyl groups excluding tert-OH is 1. The number of alkyl halides is 3. The van der Waals surface area contributed by atoms with Crippen LogP contribution in [0.25, 0.3) is 11.0 Å². The minimum Gasteiger partial charge on any atom is -0.379 e. The molecule has 0 fully saturated rings. The molecule has 1 unspecified atom stereocenters. The first-order chi connectivity index (χ1) is 12.2. The topological polar surface area (TPSA) is 54.2 Å². The zero-order valence-corrected chi connectivity index (χ0v) is 14.6. The maximum atomic E-state index is 12.8. The van der Waals surface area contributed by atoms with Crippen LogP contribution < -0.4 is 4.90 Å². The zero-order valence-electron chi connectivity index (χ0n) is 14.6. The molecular weight excluding hydrogens is 345 g/mol. The molecule has 0 saturated heterocycles. The Morgan fingerprint density at radius 2 is 1.96 bits per heavy atom. The molecule has 0 aliphatic rings. The number of nitrogens with zero attached hydrogens (tertiary/aromatic N) is 4. The zero-order chi connectivity index (χ0) is 19.1. The van der Waals surface area contributed by atoms with Gasteiger partial charge in [-0.25, -0.2) is 9.97 Å². The van der Waals surface area contributed by atoms with E-state index in [4.69, 9.17) is 0 Å². The Bertz CT molecular complexity index is 936. The lowest BCUT2D eigenvalue weighted by Gasteiger charge is -2.23. The van der Waals surface area contributed by atoms with Crippen LogP contribution in [-0.2, 0) is 13.5 Å². The van der Waals surface area contributed by atoms with Crippen molar-refractivity contribution >= 4 is 22.5 Å². The monoisotopic (exact) mass is 364 g/mol. The van der Waals surface area contributed by atoms with E-state index < -0.39 is 12.3 Å². The molecular formula is C18H19F3N4O. The van der Waals surface area contributed by atoms with Crippen molar-refractivity contribution in [3.05, 3.63) is 47.9 Å². The maximum Gasteiger partial charge on any atom is 0.418 e. The summed E-state index contributed by atoms with van der Waals surface area (Å²) in [4.78, 5) is 10.4. The Kier molecular flexibility index (Phi) is 4.62. The second kappa shape index (κ2) is 6.60. The third-order valence-electron chi connectivity index (χ3n) is 4.41. The molecule has 0 amide bonds. The highest BCUT2D eigenvalue weighted by atomic mass is 19.4. The van der Waals surface area contributed by atoms with Gasteiger partial charge in [0.25, 0.3) is 0 Å². The van der Waals surface area contributed by atoms with Gasteiger partial charge in [0, 0.05) is 25.8 Å². The fraction of sp³-hybridized carbons (Fsp3) is 0.333. The smallest absolute Gasteiger partial charge is 0.379 e. The van der Waals surface area contributed by atoms with Gasteiger partial charge in [-0.05, 0) is 23.6 Å². The highest BCUT2D eigenvalue weighted by molar-refractivity contribution is 5.79. The molecule has 1 aromatic carbocycles. The second-order valence-corrected chi connectivity index (χ2v) is 6.13. The van der Waals surface area contributed by atoms with Crippen molar-refractivity contribution in [2.45, 2.75) is 25.6 Å². The Labute approximate surface area is 148 Å². The van der Waals surface area contributed by atoms with Gasteiger partial charge >= 0.3 is 6.18 Å². The van der Waals surface area contributed by atoms with Crippen LogP contribution in [0, 0.1) is 0 Å². The van der Waals surface area contributed by atoms with Crippen LogP contribution in [0.2, 0.25) is 0 Å². The summed E-state index contributed by atoms with van der Waals surface area (Å²) in [5.41, 5.74) is 2.94. The van der Waals surface area contributed by atoms with E-state index in [1.165, 1.54) is 12.1 Å². The lowest BCUT2D eigenvalue weighted by molar-refractivity contribution is -0.206. The second-order valence-electron chi connectivity index (χ2n) is 6.13. The van der Waals surface area contributed by atoms with E-state index in [0.717, 1.165) is 16.7 Å². The normalized spacial score (nSPS) is 13.2. The predicted octanol–water partition coefficient (Wildman–Crippen LogP) is 3.89. The molecule has 26 heavy (non-hydrogen) atoms. The van der Waals surface area contributed by atoms with Crippen molar-refractivity contribution in [2.24, 2.45) is 7.05 Å². The van der Waals surface area contributed by atoms with E-state index in [2.05, 4.69) is 9.97 Å². The van der Waals surface area contributed by atoms with Crippen LogP contribution in [0.3, 0.4) is 0 Å². The van der Waals surface area contributed by atoms with Gasteiger partial charge in [-0.2, -0.15) is 13.2 Å². The van der Waals surface area contributed by atoms with E-state index in [1.807, 2.05) is 29.5 Å². The summed E-state index contributed by atoms with van der Waals surface area (Å²) in [6.07, 6.45) is -3.30. The fourth-order valence-electron chi connectivity index (χ4n) is 2.90. The Hall–Kier alpha value is -2.61. The van der Waals surface area contributed by atoms with E-state index in [-0.39, 0.29) is 5.56 Å². The summed E-state index contributed by atoms with van der Waals surface area (Å²) in [5, 5.41) is 9.49. The van der Waals surface area contributed by atoms with Crippen molar-refractivity contribution in [1.29, 1.82) is 0 Å². The lowest BCUT2D eigenvalue weighted by Crippen LogP contribution is -2.21. The highest BCUT2D eigenvalue weighted by Crippen LogP contribution is 2.35. The van der Waals surface area contributed by atoms with Gasteiger partial charge in [0.15, 0.2) is 6.10 Å². The Morgan fingerprint density at radius 3 is 2.62 bits per heavy atom. The molecule has 138 valence electrons. The van der Waals surface area contributed by atoms with E-state index in [1.54, 1.807) is 25.6 Å². The predicted molar refractivity (Wildman–Crippen MR) is 93.4 cm³/mol. The van der Waals surface area contributed by atoms with Gasteiger partial charge < -0.3 is 14.6 Å². The number of pyridine rings is 1. The molecule has 1 atom stereocenters. The van der Waals surface area contributed by atoms with Gasteiger partial charge in [-0.15, -0.1) is 0 Å². The average Bonchev–Trinajstić information content (AvgIpc) is 2.99. The highest BCUT2D eigenvalue weighted by Gasteiger charge is 2.39. The Morgan fingerprint density at radius 1 is 1.23 bits per heavy atom. The minimum atomic E-state index is -4.69. The maximum absolute atomic E-state index is 12.8. The molecule has 0 bridgehead atoms. The number of hydrogen-bond donors (Lipinski definition) is 1. The third kappa shape index (κ3) is 3.24. The van der Waals surface area contributed by atoms with Crippen molar-refractivity contribution in [1.82, 2.24) is 14.5 Å². The molecule has 0 radical (unpaired) electrons. The minimum absolute atomic E-state index is 0.165. The molecule has 2 aromatic heterocycles. The van der Waals surface area contributed by atoms with Crippen molar-refractivity contribution < 1.29 is 18.3 Å². The Balaban J connectivity index is 2.00. The number of imidazole rings is 1. The average molecular weight is 364 g/mol. The quantitative estimate of drug-likeness (QED) is 0.763. The number of anilines is 2. The molecule has 2 heterocycles. The molecule has 3 rings (SSSR count). The van der Waals surface area contributed by atoms with Crippen molar-refractivity contribution in [2.75, 3.05) is 11.9 Å². The number of aliphatic hydroxyl groups is 1. The SMILES string of the molecule is CCc1cc(C(O)C(F)(F)F)ccc1N(C)c1cc2c(cn1)ncn2C. The van der Waals surface area contributed by atoms with Crippen LogP contribution in [0.4, 0.5) is 24.7 Å². The first-order valence-electron chi connectivity index (χ1n) is 8.10. The van der Waals surface area contributed by atoms with Gasteiger partial charge in [-0.1, -0.05) is 19.1 Å². The summed E-state index contributed by atoms with van der Waals surface area (Å²) in [7, 11) is 3.68. The standard InChI is InChI=1S/C18H19F3N4O/c1-4-11-7-12(17(26)18(19,20)21)5-6-14(11)25(3)16-8-15-13(9-22-16)23-10-24(15)2/h5-10,17,26H,4H2,1-3H3. The van der Waals surface area contributed by atoms with Gasteiger partial charge in [0.2, 0.25) is 0 Å². The number of rotatable bonds is 4. The molecule has 1 N–H and O–H groups in total. The number of halogens is 3. The molecule has 0 spiro atoms. The first-order valence-corrected chi connectivity index (χ1v) is 8.10. The van der Waals surface area contributed by atoms with Crippen molar-refractivity contribution in [3.8, 4) is 0 Å². The van der Waals surface area contributed by atoms with Crippen LogP contribution >= 0.6 is 0 Å². The van der Waals surface area contributed by atoms with Crippen LogP contribution in [-0.4, -0.2) is 32.9 Å². The summed E-state index contributed by atoms with van der Waals surface area (Å²) in [6, 6.07) is 6.15. The van der Waals surface area contributed by atoms with Crippen LogP contribution in [0.5, 0.6) is 0 Å². The summed E-state index contributed by atoms with van der Waals surface area (Å²) >= 11 is 0. The summed E-state index contributed by atoms with van der Waals surface area (Å²) in [6.45, 7) is 1.86. The molecule has 0 saturated carbocycles. The number of aryl methyl sites for hydroxylation is 2. The first kappa shape index (κ1) is 18.2. The van der Waals surface area contributed by atoms with E-state index >= 15 is 0 Å². The molecule has 8 heteroatoms. The number of aromatic nitrogens is 3.